The van der Waals surface area contributed by atoms with Gasteiger partial charge in [-0.2, -0.15) is 0 Å². The van der Waals surface area contributed by atoms with Crippen molar-refractivity contribution >= 4 is 19.2 Å². The van der Waals surface area contributed by atoms with Crippen molar-refractivity contribution < 1.29 is 14.7 Å². The highest BCUT2D eigenvalue weighted by molar-refractivity contribution is 6.53. The summed E-state index contributed by atoms with van der Waals surface area (Å²) >= 11 is 0. The topological polar surface area (TPSA) is 110 Å². The van der Waals surface area contributed by atoms with E-state index in [0.29, 0.717) is 18.2 Å². The number of hydrogen-bond donors (Lipinski definition) is 3. The number of aliphatic carboxylic acids is 1. The largest absolute Gasteiger partial charge is 0.480 e. The molecule has 5 N–H and O–H groups in total. The minimum Gasteiger partial charge on any atom is -0.480 e. The summed E-state index contributed by atoms with van der Waals surface area (Å²) in [5, 5.41) is 9.35. The first kappa shape index (κ1) is 13.4. The molecular weight excluding hydrogens is 233 g/mol. The van der Waals surface area contributed by atoms with Gasteiger partial charge in [0.05, 0.1) is 6.04 Å². The zero-order chi connectivity index (χ0) is 13.7. The van der Waals surface area contributed by atoms with Crippen LogP contribution in [0.25, 0.3) is 0 Å². The molecule has 0 aliphatic carbocycles. The Hall–Kier alpha value is -1.08. The van der Waals surface area contributed by atoms with Gasteiger partial charge in [-0.3, -0.25) is 9.59 Å². The molecule has 2 aliphatic heterocycles. The van der Waals surface area contributed by atoms with Crippen molar-refractivity contribution in [1.29, 1.82) is 0 Å². The van der Waals surface area contributed by atoms with E-state index in [2.05, 4.69) is 6.92 Å². The van der Waals surface area contributed by atoms with Gasteiger partial charge in [0.15, 0.2) is 0 Å². The van der Waals surface area contributed by atoms with E-state index in [1.165, 1.54) is 4.90 Å². The summed E-state index contributed by atoms with van der Waals surface area (Å²) < 4.78 is 0. The van der Waals surface area contributed by atoms with Crippen LogP contribution < -0.4 is 11.5 Å². The molecule has 2 unspecified atom stereocenters. The summed E-state index contributed by atoms with van der Waals surface area (Å²) in [7, 11) is 0.997. The van der Waals surface area contributed by atoms with Crippen LogP contribution in [-0.2, 0) is 9.59 Å². The third kappa shape index (κ3) is 2.01. The molecule has 100 valence electrons. The molecule has 0 spiro atoms. The third-order valence-corrected chi connectivity index (χ3v) is 4.32. The summed E-state index contributed by atoms with van der Waals surface area (Å²) in [4.78, 5) is 24.8. The lowest BCUT2D eigenvalue weighted by Gasteiger charge is -2.25. The van der Waals surface area contributed by atoms with Crippen LogP contribution in [0.2, 0.25) is 11.6 Å². The molecule has 0 saturated carbocycles. The summed E-state index contributed by atoms with van der Waals surface area (Å²) in [6.07, 6.45) is 0. The van der Waals surface area contributed by atoms with Gasteiger partial charge in [0.25, 0.3) is 0 Å². The second-order valence-corrected chi connectivity index (χ2v) is 5.84. The van der Waals surface area contributed by atoms with Gasteiger partial charge in [-0.05, 0) is 6.92 Å². The van der Waals surface area contributed by atoms with Gasteiger partial charge in [-0.25, -0.2) is 0 Å². The van der Waals surface area contributed by atoms with Crippen molar-refractivity contribution in [2.45, 2.75) is 37.1 Å². The normalized spacial score (nSPS) is 40.2. The number of carboxylic acid groups (broad SMARTS) is 1. The van der Waals surface area contributed by atoms with Crippen molar-refractivity contribution in [2.75, 3.05) is 13.1 Å². The lowest BCUT2D eigenvalue weighted by atomic mass is 9.79. The number of rotatable bonds is 3. The zero-order valence-corrected chi connectivity index (χ0v) is 10.8. The number of nitrogens with zero attached hydrogens (tertiary/aromatic N) is 1. The van der Waals surface area contributed by atoms with Gasteiger partial charge < -0.3 is 21.5 Å². The molecule has 5 atom stereocenters. The van der Waals surface area contributed by atoms with Crippen LogP contribution >= 0.6 is 0 Å². The van der Waals surface area contributed by atoms with E-state index in [1.54, 1.807) is 6.92 Å². The molecule has 7 heteroatoms. The quantitative estimate of drug-likeness (QED) is 0.537. The lowest BCUT2D eigenvalue weighted by molar-refractivity contribution is -0.144. The second-order valence-electron chi connectivity index (χ2n) is 5.84. The molecule has 2 aliphatic rings. The molecule has 0 aromatic heterocycles. The lowest BCUT2D eigenvalue weighted by Crippen LogP contribution is -2.55. The van der Waals surface area contributed by atoms with Gasteiger partial charge in [0.1, 0.15) is 12.8 Å². The first-order valence-corrected chi connectivity index (χ1v) is 6.34. The molecule has 0 aromatic carbocycles. The van der Waals surface area contributed by atoms with Gasteiger partial charge in [-0.15, -0.1) is 0 Å². The fourth-order valence-electron chi connectivity index (χ4n) is 3.01. The number of hydrogen-bond acceptors (Lipinski definition) is 4. The van der Waals surface area contributed by atoms with E-state index in [-0.39, 0.29) is 18.4 Å². The number of carbonyl (C=O) groups excluding carboxylic acids is 1. The molecule has 2 fully saturated rings. The maximum atomic E-state index is 11.9. The maximum absolute atomic E-state index is 11.9. The van der Waals surface area contributed by atoms with Gasteiger partial charge in [0, 0.05) is 19.0 Å². The van der Waals surface area contributed by atoms with E-state index in [4.69, 9.17) is 11.5 Å². The number of amides is 1. The SMILES string of the molecule is CC1BC1[C@H]1CN(C(=O)[C@H](C)N)C[C@@]1(N)C(=O)O. The molecule has 0 aromatic rings. The summed E-state index contributed by atoms with van der Waals surface area (Å²) in [5.41, 5.74) is 10.3. The molecule has 6 nitrogen and oxygen atoms in total. The van der Waals surface area contributed by atoms with Crippen LogP contribution in [0.1, 0.15) is 13.8 Å². The van der Waals surface area contributed by atoms with E-state index >= 15 is 0 Å². The Morgan fingerprint density at radius 2 is 2.11 bits per heavy atom. The van der Waals surface area contributed by atoms with Crippen molar-refractivity contribution in [3.05, 3.63) is 0 Å². The van der Waals surface area contributed by atoms with Crippen LogP contribution in [-0.4, -0.2) is 53.8 Å². The minimum atomic E-state index is -1.32. The van der Waals surface area contributed by atoms with Crippen molar-refractivity contribution in [3.8, 4) is 0 Å². The summed E-state index contributed by atoms with van der Waals surface area (Å²) in [6, 6.07) is -0.613. The molecule has 2 saturated heterocycles. The Morgan fingerprint density at radius 1 is 1.56 bits per heavy atom. The number of carbonyl (C=O) groups is 2. The third-order valence-electron chi connectivity index (χ3n) is 4.32. The van der Waals surface area contributed by atoms with Crippen molar-refractivity contribution in [3.63, 3.8) is 0 Å². The standard InChI is InChI=1S/C11H20BN3O3/c1-5-8(12-5)7-3-15(9(16)6(2)13)4-11(7,14)10(17)18/h5-8,12H,3-4,13-14H2,1-2H3,(H,17,18)/t5?,6-,7+,8?,11-/m0/s1. The maximum Gasteiger partial charge on any atom is 0.325 e. The van der Waals surface area contributed by atoms with Crippen molar-refractivity contribution in [1.82, 2.24) is 4.90 Å². The summed E-state index contributed by atoms with van der Waals surface area (Å²) in [6.45, 7) is 4.17. The number of nitrogens with two attached hydrogens (primary N) is 2. The van der Waals surface area contributed by atoms with Crippen LogP contribution in [0.3, 0.4) is 0 Å². The van der Waals surface area contributed by atoms with Crippen LogP contribution in [0.4, 0.5) is 0 Å². The molecule has 2 heterocycles. The summed E-state index contributed by atoms with van der Waals surface area (Å²) in [5.74, 6) is -0.583. The molecule has 2 rings (SSSR count). The predicted octanol–water partition coefficient (Wildman–Crippen LogP) is -1.38. The van der Waals surface area contributed by atoms with E-state index in [1.807, 2.05) is 0 Å². The Labute approximate surface area is 107 Å². The van der Waals surface area contributed by atoms with E-state index < -0.39 is 17.6 Å². The Bertz CT molecular complexity index is 390. The highest BCUT2D eigenvalue weighted by Gasteiger charge is 2.58. The molecule has 0 radical (unpaired) electrons. The molecular formula is C11H20BN3O3. The Morgan fingerprint density at radius 3 is 2.50 bits per heavy atom. The predicted molar refractivity (Wildman–Crippen MR) is 68.6 cm³/mol. The average molecular weight is 253 g/mol. The first-order valence-electron chi connectivity index (χ1n) is 6.34. The Balaban J connectivity index is 2.18. The van der Waals surface area contributed by atoms with Gasteiger partial charge in [0.2, 0.25) is 5.91 Å². The molecule has 1 amide bonds. The fraction of sp³-hybridized carbons (Fsp3) is 0.818. The number of likely N-dealkylation sites (tertiary alicyclic amines) is 1. The zero-order valence-electron chi connectivity index (χ0n) is 10.8. The fourth-order valence-corrected chi connectivity index (χ4v) is 3.01. The van der Waals surface area contributed by atoms with Crippen LogP contribution in [0.15, 0.2) is 0 Å². The average Bonchev–Trinajstić information content (AvgIpc) is 2.87. The molecule has 0 bridgehead atoms. The minimum absolute atomic E-state index is 0.0661. The Kier molecular flexibility index (Phi) is 3.15. The van der Waals surface area contributed by atoms with E-state index in [9.17, 15) is 14.7 Å². The molecule has 18 heavy (non-hydrogen) atoms. The van der Waals surface area contributed by atoms with Gasteiger partial charge >= 0.3 is 5.97 Å². The first-order chi connectivity index (χ1) is 8.27. The smallest absolute Gasteiger partial charge is 0.325 e. The highest BCUT2D eigenvalue weighted by Crippen LogP contribution is 2.52. The van der Waals surface area contributed by atoms with Crippen LogP contribution in [0.5, 0.6) is 0 Å². The monoisotopic (exact) mass is 253 g/mol. The van der Waals surface area contributed by atoms with E-state index in [0.717, 1.165) is 7.28 Å². The second kappa shape index (κ2) is 4.24. The van der Waals surface area contributed by atoms with Crippen LogP contribution in [0, 0.1) is 5.92 Å². The highest BCUT2D eigenvalue weighted by atomic mass is 16.4. The van der Waals surface area contributed by atoms with Crippen molar-refractivity contribution in [2.24, 2.45) is 17.4 Å². The number of carboxylic acids is 1. The van der Waals surface area contributed by atoms with Gasteiger partial charge in [-0.1, -0.05) is 18.6 Å².